The second-order valence-corrected chi connectivity index (χ2v) is 6.89. The smallest absolute Gasteiger partial charge is 0.223 e. The predicted molar refractivity (Wildman–Crippen MR) is 114 cm³/mol. The number of halogens is 1. The molecule has 1 fully saturated rings. The molecule has 5 nitrogen and oxygen atoms in total. The van der Waals surface area contributed by atoms with Gasteiger partial charge in [0.25, 0.3) is 0 Å². The molecular formula is C22H25ClN4O. The SMILES string of the molecule is Cl.O=C(NCc1cn(-c2ccccc2)nc1-c1ccccc1)C1CCNCC1. The Balaban J connectivity index is 0.00000225. The van der Waals surface area contributed by atoms with Crippen LogP contribution in [0.15, 0.2) is 66.9 Å². The molecule has 1 amide bonds. The van der Waals surface area contributed by atoms with Gasteiger partial charge in [-0.15, -0.1) is 12.4 Å². The lowest BCUT2D eigenvalue weighted by atomic mass is 9.97. The maximum Gasteiger partial charge on any atom is 0.223 e. The van der Waals surface area contributed by atoms with Crippen LogP contribution in [0.4, 0.5) is 0 Å². The standard InChI is InChI=1S/C22H24N4O.ClH/c27-22(18-11-13-23-14-12-18)24-15-19-16-26(20-9-5-2-6-10-20)25-21(19)17-7-3-1-4-8-17;/h1-10,16,18,23H,11-15H2,(H,24,27);1H. The third-order valence-corrected chi connectivity index (χ3v) is 5.02. The van der Waals surface area contributed by atoms with E-state index in [0.717, 1.165) is 48.4 Å². The first-order chi connectivity index (χ1) is 13.3. The van der Waals surface area contributed by atoms with Crippen LogP contribution in [0.5, 0.6) is 0 Å². The molecule has 0 radical (unpaired) electrons. The summed E-state index contributed by atoms with van der Waals surface area (Å²) >= 11 is 0. The van der Waals surface area contributed by atoms with E-state index in [-0.39, 0.29) is 24.2 Å². The maximum atomic E-state index is 12.5. The van der Waals surface area contributed by atoms with Gasteiger partial charge < -0.3 is 10.6 Å². The average molecular weight is 397 g/mol. The topological polar surface area (TPSA) is 59.0 Å². The monoisotopic (exact) mass is 396 g/mol. The Bertz CT molecular complexity index is 889. The highest BCUT2D eigenvalue weighted by Gasteiger charge is 2.21. The summed E-state index contributed by atoms with van der Waals surface area (Å²) in [4.78, 5) is 12.5. The molecule has 2 heterocycles. The Morgan fingerprint density at radius 1 is 1.04 bits per heavy atom. The minimum atomic E-state index is 0. The number of benzene rings is 2. The summed E-state index contributed by atoms with van der Waals surface area (Å²) in [5.41, 5.74) is 3.99. The van der Waals surface area contributed by atoms with Crippen molar-refractivity contribution < 1.29 is 4.79 Å². The van der Waals surface area contributed by atoms with Crippen molar-refractivity contribution in [1.29, 1.82) is 0 Å². The van der Waals surface area contributed by atoms with Crippen molar-refractivity contribution in [2.75, 3.05) is 13.1 Å². The second kappa shape index (κ2) is 9.53. The van der Waals surface area contributed by atoms with Crippen molar-refractivity contribution in [2.45, 2.75) is 19.4 Å². The van der Waals surface area contributed by atoms with Crippen molar-refractivity contribution in [3.8, 4) is 16.9 Å². The summed E-state index contributed by atoms with van der Waals surface area (Å²) in [6.07, 6.45) is 3.82. The molecule has 1 aliphatic heterocycles. The van der Waals surface area contributed by atoms with E-state index in [9.17, 15) is 4.79 Å². The fourth-order valence-corrected chi connectivity index (χ4v) is 3.50. The van der Waals surface area contributed by atoms with Gasteiger partial charge in [0.2, 0.25) is 5.91 Å². The fourth-order valence-electron chi connectivity index (χ4n) is 3.50. The highest BCUT2D eigenvalue weighted by atomic mass is 35.5. The number of carbonyl (C=O) groups is 1. The van der Waals surface area contributed by atoms with Crippen LogP contribution in [0.3, 0.4) is 0 Å². The van der Waals surface area contributed by atoms with Gasteiger partial charge in [-0.25, -0.2) is 4.68 Å². The van der Waals surface area contributed by atoms with Gasteiger partial charge in [-0.1, -0.05) is 48.5 Å². The minimum Gasteiger partial charge on any atom is -0.352 e. The summed E-state index contributed by atoms with van der Waals surface area (Å²) in [7, 11) is 0. The van der Waals surface area contributed by atoms with E-state index in [2.05, 4.69) is 22.8 Å². The molecule has 0 bridgehead atoms. The average Bonchev–Trinajstić information content (AvgIpc) is 3.18. The molecule has 0 unspecified atom stereocenters. The number of para-hydroxylation sites is 1. The largest absolute Gasteiger partial charge is 0.352 e. The first kappa shape index (κ1) is 20.1. The van der Waals surface area contributed by atoms with E-state index in [1.54, 1.807) is 0 Å². The molecule has 2 aromatic carbocycles. The molecule has 2 N–H and O–H groups in total. The Labute approximate surface area is 171 Å². The lowest BCUT2D eigenvalue weighted by Gasteiger charge is -2.21. The van der Waals surface area contributed by atoms with E-state index in [4.69, 9.17) is 5.10 Å². The number of nitrogens with one attached hydrogen (secondary N) is 2. The molecule has 3 aromatic rings. The molecule has 0 aliphatic carbocycles. The summed E-state index contributed by atoms with van der Waals surface area (Å²) < 4.78 is 1.88. The first-order valence-corrected chi connectivity index (χ1v) is 9.49. The number of carbonyl (C=O) groups excluding carboxylic acids is 1. The Morgan fingerprint density at radius 3 is 2.36 bits per heavy atom. The highest BCUT2D eigenvalue weighted by molar-refractivity contribution is 5.85. The van der Waals surface area contributed by atoms with Gasteiger partial charge in [0.1, 0.15) is 0 Å². The zero-order valence-corrected chi connectivity index (χ0v) is 16.5. The van der Waals surface area contributed by atoms with Gasteiger partial charge in [-0.05, 0) is 38.1 Å². The van der Waals surface area contributed by atoms with Crippen LogP contribution in [-0.4, -0.2) is 28.8 Å². The molecule has 28 heavy (non-hydrogen) atoms. The molecule has 1 saturated heterocycles. The number of piperidine rings is 1. The summed E-state index contributed by atoms with van der Waals surface area (Å²) in [6, 6.07) is 20.2. The van der Waals surface area contributed by atoms with Crippen LogP contribution in [0, 0.1) is 5.92 Å². The van der Waals surface area contributed by atoms with Crippen LogP contribution in [0.1, 0.15) is 18.4 Å². The Morgan fingerprint density at radius 2 is 1.68 bits per heavy atom. The summed E-state index contributed by atoms with van der Waals surface area (Å²) in [5, 5.41) is 11.2. The van der Waals surface area contributed by atoms with Gasteiger partial charge in [-0.2, -0.15) is 5.10 Å². The zero-order chi connectivity index (χ0) is 18.5. The normalized spacial score (nSPS) is 14.3. The third-order valence-electron chi connectivity index (χ3n) is 5.02. The molecule has 0 spiro atoms. The van der Waals surface area contributed by atoms with E-state index in [1.165, 1.54) is 0 Å². The Hall–Kier alpha value is -2.63. The van der Waals surface area contributed by atoms with E-state index in [1.807, 2.05) is 59.4 Å². The van der Waals surface area contributed by atoms with Crippen LogP contribution >= 0.6 is 12.4 Å². The molecule has 6 heteroatoms. The number of hydrogen-bond donors (Lipinski definition) is 2. The molecule has 4 rings (SSSR count). The van der Waals surface area contributed by atoms with Crippen molar-refractivity contribution >= 4 is 18.3 Å². The highest BCUT2D eigenvalue weighted by Crippen LogP contribution is 2.24. The number of rotatable bonds is 5. The molecule has 1 aliphatic rings. The fraction of sp³-hybridized carbons (Fsp3) is 0.273. The van der Waals surface area contributed by atoms with E-state index >= 15 is 0 Å². The molecule has 1 aromatic heterocycles. The second-order valence-electron chi connectivity index (χ2n) is 6.89. The van der Waals surface area contributed by atoms with Crippen LogP contribution in [0.2, 0.25) is 0 Å². The van der Waals surface area contributed by atoms with E-state index in [0.29, 0.717) is 6.54 Å². The lowest BCUT2D eigenvalue weighted by molar-refractivity contribution is -0.125. The van der Waals surface area contributed by atoms with Crippen LogP contribution in [-0.2, 0) is 11.3 Å². The number of aromatic nitrogens is 2. The van der Waals surface area contributed by atoms with E-state index < -0.39 is 0 Å². The molecule has 0 saturated carbocycles. The quantitative estimate of drug-likeness (QED) is 0.693. The first-order valence-electron chi connectivity index (χ1n) is 9.49. The van der Waals surface area contributed by atoms with Crippen LogP contribution in [0.25, 0.3) is 16.9 Å². The number of amides is 1. The van der Waals surface area contributed by atoms with Gasteiger partial charge in [0.05, 0.1) is 11.4 Å². The van der Waals surface area contributed by atoms with Gasteiger partial charge in [0.15, 0.2) is 0 Å². The lowest BCUT2D eigenvalue weighted by Crippen LogP contribution is -2.37. The number of nitrogens with zero attached hydrogens (tertiary/aromatic N) is 2. The third kappa shape index (κ3) is 4.61. The van der Waals surface area contributed by atoms with Crippen LogP contribution < -0.4 is 10.6 Å². The van der Waals surface area contributed by atoms with Crippen molar-refractivity contribution in [3.63, 3.8) is 0 Å². The molecule has 0 atom stereocenters. The van der Waals surface area contributed by atoms with Crippen molar-refractivity contribution in [3.05, 3.63) is 72.4 Å². The van der Waals surface area contributed by atoms with Gasteiger partial charge in [0, 0.05) is 29.8 Å². The maximum absolute atomic E-state index is 12.5. The molecule has 146 valence electrons. The summed E-state index contributed by atoms with van der Waals surface area (Å²) in [5.74, 6) is 0.249. The van der Waals surface area contributed by atoms with Gasteiger partial charge in [-0.3, -0.25) is 4.79 Å². The zero-order valence-electron chi connectivity index (χ0n) is 15.7. The predicted octanol–water partition coefficient (Wildman–Crippen LogP) is 3.58. The summed E-state index contributed by atoms with van der Waals surface area (Å²) in [6.45, 7) is 2.32. The number of hydrogen-bond acceptors (Lipinski definition) is 3. The van der Waals surface area contributed by atoms with Crippen molar-refractivity contribution in [1.82, 2.24) is 20.4 Å². The van der Waals surface area contributed by atoms with Gasteiger partial charge >= 0.3 is 0 Å². The molecular weight excluding hydrogens is 372 g/mol. The Kier molecular flexibility index (Phi) is 6.85. The minimum absolute atomic E-state index is 0. The van der Waals surface area contributed by atoms with Crippen molar-refractivity contribution in [2.24, 2.45) is 5.92 Å².